The molecule has 4 rings (SSSR count). The van der Waals surface area contributed by atoms with Crippen molar-refractivity contribution in [1.82, 2.24) is 9.03 Å². The van der Waals surface area contributed by atoms with Crippen molar-refractivity contribution in [3.8, 4) is 0 Å². The van der Waals surface area contributed by atoms with Crippen molar-refractivity contribution in [2.45, 2.75) is 71.3 Å². The molecule has 128 valence electrons. The van der Waals surface area contributed by atoms with Crippen molar-refractivity contribution in [2.24, 2.45) is 23.2 Å². The molecule has 22 heavy (non-hydrogen) atoms. The van der Waals surface area contributed by atoms with Crippen molar-refractivity contribution in [3.63, 3.8) is 0 Å². The minimum Gasteiger partial charge on any atom is -0.199 e. The maximum Gasteiger partial charge on any atom is 0.279 e. The summed E-state index contributed by atoms with van der Waals surface area (Å²) >= 11 is 0. The summed E-state index contributed by atoms with van der Waals surface area (Å²) in [6.45, 7) is 4.81. The van der Waals surface area contributed by atoms with E-state index in [2.05, 4.69) is 18.6 Å². The van der Waals surface area contributed by atoms with Crippen LogP contribution in [0.5, 0.6) is 0 Å². The molecule has 1 unspecified atom stereocenters. The van der Waals surface area contributed by atoms with Gasteiger partial charge in [-0.15, -0.1) is 0 Å². The lowest BCUT2D eigenvalue weighted by Gasteiger charge is -2.59. The predicted octanol–water partition coefficient (Wildman–Crippen LogP) is 3.16. The highest BCUT2D eigenvalue weighted by Crippen LogP contribution is 2.61. The molecule has 4 aliphatic rings. The summed E-state index contributed by atoms with van der Waals surface area (Å²) in [6.07, 6.45) is 9.84. The van der Waals surface area contributed by atoms with Gasteiger partial charge in [-0.05, 0) is 75.0 Å². The van der Waals surface area contributed by atoms with Crippen LogP contribution >= 0.6 is 0 Å². The second-order valence-corrected chi connectivity index (χ2v) is 10.1. The average molecular weight is 329 g/mol. The molecular formula is C17H32N2O2S. The second kappa shape index (κ2) is 6.06. The smallest absolute Gasteiger partial charge is 0.199 e. The van der Waals surface area contributed by atoms with Gasteiger partial charge in [-0.25, -0.2) is 0 Å². The lowest BCUT2D eigenvalue weighted by molar-refractivity contribution is -0.0667. The third-order valence-corrected chi connectivity index (χ3v) is 8.22. The van der Waals surface area contributed by atoms with E-state index in [9.17, 15) is 8.42 Å². The molecule has 0 radical (unpaired) electrons. The van der Waals surface area contributed by atoms with E-state index in [-0.39, 0.29) is 11.5 Å². The average Bonchev–Trinajstić information content (AvgIpc) is 2.42. The van der Waals surface area contributed by atoms with Gasteiger partial charge in [0, 0.05) is 19.6 Å². The predicted molar refractivity (Wildman–Crippen MR) is 89.7 cm³/mol. The number of nitrogens with one attached hydrogen (secondary N) is 1. The molecular weight excluding hydrogens is 296 g/mol. The second-order valence-electron chi connectivity index (χ2n) is 8.30. The van der Waals surface area contributed by atoms with Gasteiger partial charge in [0.05, 0.1) is 0 Å². The van der Waals surface area contributed by atoms with Crippen molar-refractivity contribution < 1.29 is 8.42 Å². The van der Waals surface area contributed by atoms with Crippen LogP contribution < -0.4 is 4.72 Å². The van der Waals surface area contributed by atoms with E-state index in [0.29, 0.717) is 6.54 Å². The monoisotopic (exact) mass is 328 g/mol. The molecule has 0 saturated heterocycles. The van der Waals surface area contributed by atoms with Gasteiger partial charge < -0.3 is 0 Å². The molecule has 1 N–H and O–H groups in total. The van der Waals surface area contributed by atoms with Gasteiger partial charge in [0.25, 0.3) is 10.2 Å². The maximum absolute atomic E-state index is 12.6. The first kappa shape index (κ1) is 16.7. The van der Waals surface area contributed by atoms with E-state index in [1.165, 1.54) is 42.8 Å². The Labute approximate surface area is 136 Å². The van der Waals surface area contributed by atoms with E-state index in [1.54, 1.807) is 7.05 Å². The van der Waals surface area contributed by atoms with Crippen LogP contribution in [0.2, 0.25) is 0 Å². The zero-order valence-corrected chi connectivity index (χ0v) is 15.2. The fourth-order valence-corrected chi connectivity index (χ4v) is 6.89. The topological polar surface area (TPSA) is 49.4 Å². The molecule has 1 atom stereocenters. The van der Waals surface area contributed by atoms with Gasteiger partial charge in [-0.1, -0.05) is 13.3 Å². The van der Waals surface area contributed by atoms with Gasteiger partial charge in [0.15, 0.2) is 0 Å². The van der Waals surface area contributed by atoms with Crippen LogP contribution in [-0.4, -0.2) is 32.4 Å². The van der Waals surface area contributed by atoms with Crippen LogP contribution in [0.15, 0.2) is 0 Å². The fraction of sp³-hybridized carbons (Fsp3) is 1.00. The number of hydrogen-bond donors (Lipinski definition) is 1. The number of unbranched alkanes of at least 4 members (excludes halogenated alkanes) is 1. The first-order chi connectivity index (χ1) is 10.3. The number of hydrogen-bond acceptors (Lipinski definition) is 2. The Kier molecular flexibility index (Phi) is 4.61. The van der Waals surface area contributed by atoms with E-state index >= 15 is 0 Å². The highest BCUT2D eigenvalue weighted by Gasteiger charge is 2.53. The Hall–Kier alpha value is -0.130. The molecule has 4 fully saturated rings. The number of nitrogens with zero attached hydrogens (tertiary/aromatic N) is 1. The quantitative estimate of drug-likeness (QED) is 0.780. The molecule has 0 heterocycles. The van der Waals surface area contributed by atoms with Gasteiger partial charge in [0.2, 0.25) is 0 Å². The Bertz CT molecular complexity index is 468. The number of rotatable bonds is 7. The van der Waals surface area contributed by atoms with Gasteiger partial charge in [-0.3, -0.25) is 0 Å². The molecule has 0 spiro atoms. The lowest BCUT2D eigenvalue weighted by Crippen LogP contribution is -2.57. The van der Waals surface area contributed by atoms with Crippen molar-refractivity contribution in [1.29, 1.82) is 0 Å². The summed E-state index contributed by atoms with van der Waals surface area (Å²) in [7, 11) is -1.64. The highest BCUT2D eigenvalue weighted by molar-refractivity contribution is 7.87. The van der Waals surface area contributed by atoms with E-state index < -0.39 is 10.2 Å². The normalized spacial score (nSPS) is 38.6. The lowest BCUT2D eigenvalue weighted by atomic mass is 9.48. The summed E-state index contributed by atoms with van der Waals surface area (Å²) in [4.78, 5) is 0. The van der Waals surface area contributed by atoms with Gasteiger partial charge >= 0.3 is 0 Å². The van der Waals surface area contributed by atoms with Crippen LogP contribution in [0, 0.1) is 23.2 Å². The fourth-order valence-electron chi connectivity index (χ4n) is 5.65. The first-order valence-corrected chi connectivity index (χ1v) is 10.5. The molecule has 4 saturated carbocycles. The molecule has 5 heteroatoms. The van der Waals surface area contributed by atoms with Gasteiger partial charge in [0.1, 0.15) is 0 Å². The minimum absolute atomic E-state index is 0.0648. The third-order valence-electron chi connectivity index (χ3n) is 6.57. The van der Waals surface area contributed by atoms with Crippen molar-refractivity contribution >= 4 is 10.2 Å². The van der Waals surface area contributed by atoms with E-state index in [1.807, 2.05) is 0 Å². The minimum atomic E-state index is -3.34. The summed E-state index contributed by atoms with van der Waals surface area (Å²) in [5.74, 6) is 2.57. The standard InChI is InChI=1S/C17H32N2O2S/c1-4-5-6-19(3)22(20,21)18-13(2)17-10-14-7-15(11-17)9-16(8-14)12-17/h13-16,18H,4-12H2,1-3H3. The van der Waals surface area contributed by atoms with Crippen molar-refractivity contribution in [3.05, 3.63) is 0 Å². The summed E-state index contributed by atoms with van der Waals surface area (Å²) in [5.41, 5.74) is 0.230. The molecule has 0 aromatic heterocycles. The Morgan fingerprint density at radius 3 is 2.09 bits per heavy atom. The zero-order valence-electron chi connectivity index (χ0n) is 14.3. The van der Waals surface area contributed by atoms with E-state index in [0.717, 1.165) is 30.6 Å². The Morgan fingerprint density at radius 1 is 1.14 bits per heavy atom. The zero-order chi connectivity index (χ0) is 16.0. The first-order valence-electron chi connectivity index (χ1n) is 9.08. The summed E-state index contributed by atoms with van der Waals surface area (Å²) in [6, 6.07) is 0.0648. The molecule has 4 nitrogen and oxygen atoms in total. The molecule has 0 aliphatic heterocycles. The largest absolute Gasteiger partial charge is 0.279 e. The molecule has 0 aromatic carbocycles. The van der Waals surface area contributed by atoms with Crippen LogP contribution in [0.1, 0.15) is 65.2 Å². The molecule has 0 aromatic rings. The Morgan fingerprint density at radius 2 is 1.64 bits per heavy atom. The molecule has 4 aliphatic carbocycles. The van der Waals surface area contributed by atoms with Crippen LogP contribution in [0.25, 0.3) is 0 Å². The van der Waals surface area contributed by atoms with E-state index in [4.69, 9.17) is 0 Å². The van der Waals surface area contributed by atoms with Crippen LogP contribution in [0.3, 0.4) is 0 Å². The third kappa shape index (κ3) is 3.09. The summed E-state index contributed by atoms with van der Waals surface area (Å²) in [5, 5.41) is 0. The van der Waals surface area contributed by atoms with Gasteiger partial charge in [-0.2, -0.15) is 17.4 Å². The van der Waals surface area contributed by atoms with Crippen LogP contribution in [0.4, 0.5) is 0 Å². The SMILES string of the molecule is CCCCN(C)S(=O)(=O)NC(C)C12CC3CC(CC(C3)C1)C2. The highest BCUT2D eigenvalue weighted by atomic mass is 32.2. The Balaban J connectivity index is 1.68. The van der Waals surface area contributed by atoms with Crippen LogP contribution in [-0.2, 0) is 10.2 Å². The van der Waals surface area contributed by atoms with Crippen molar-refractivity contribution in [2.75, 3.05) is 13.6 Å². The molecule has 0 amide bonds. The molecule has 4 bridgehead atoms. The maximum atomic E-state index is 12.6. The summed E-state index contributed by atoms with van der Waals surface area (Å²) < 4.78 is 29.6.